The molecule has 0 saturated carbocycles. The second-order valence-corrected chi connectivity index (χ2v) is 10.4. The van der Waals surface area contributed by atoms with Crippen LogP contribution in [0.1, 0.15) is 38.5 Å². The zero-order valence-electron chi connectivity index (χ0n) is 13.0. The van der Waals surface area contributed by atoms with Crippen LogP contribution in [0.15, 0.2) is 0 Å². The van der Waals surface area contributed by atoms with Gasteiger partial charge in [0.15, 0.2) is 0 Å². The van der Waals surface area contributed by atoms with E-state index in [2.05, 4.69) is 42.9 Å². The van der Waals surface area contributed by atoms with E-state index in [4.69, 9.17) is 9.47 Å². The van der Waals surface area contributed by atoms with Crippen molar-refractivity contribution in [2.24, 2.45) is 0 Å². The molecular weight excluding hydrogens is 252 g/mol. The highest BCUT2D eigenvalue weighted by molar-refractivity contribution is 6.83. The van der Waals surface area contributed by atoms with Gasteiger partial charge in [0.05, 0.1) is 0 Å². The van der Waals surface area contributed by atoms with Gasteiger partial charge < -0.3 is 9.47 Å². The van der Waals surface area contributed by atoms with Crippen molar-refractivity contribution >= 4 is 8.07 Å². The van der Waals surface area contributed by atoms with Gasteiger partial charge in [0, 0.05) is 20.1 Å². The highest BCUT2D eigenvalue weighted by Gasteiger charge is 2.06. The first kappa shape index (κ1) is 18.3. The minimum Gasteiger partial charge on any atom is -0.359 e. The van der Waals surface area contributed by atoms with Crippen LogP contribution < -0.4 is 0 Å². The minimum absolute atomic E-state index is 0.411. The van der Waals surface area contributed by atoms with Gasteiger partial charge in [-0.05, 0) is 24.7 Å². The molecule has 0 aromatic carbocycles. The van der Waals surface area contributed by atoms with Crippen LogP contribution in [-0.4, -0.2) is 28.6 Å². The van der Waals surface area contributed by atoms with E-state index in [0.717, 1.165) is 19.4 Å². The minimum atomic E-state index is -1.24. The number of unbranched alkanes of at least 4 members (excludes halogenated alkanes) is 5. The summed E-state index contributed by atoms with van der Waals surface area (Å²) in [6.07, 6.45) is 7.02. The summed E-state index contributed by atoms with van der Waals surface area (Å²) in [7, 11) is 0.406. The third-order valence-electron chi connectivity index (χ3n) is 2.38. The zero-order valence-corrected chi connectivity index (χ0v) is 14.0. The van der Waals surface area contributed by atoms with Gasteiger partial charge in [0.2, 0.25) is 0 Å². The Morgan fingerprint density at radius 1 is 0.895 bits per heavy atom. The highest BCUT2D eigenvalue weighted by Crippen LogP contribution is 2.04. The Labute approximate surface area is 120 Å². The molecule has 0 fully saturated rings. The van der Waals surface area contributed by atoms with E-state index in [1.165, 1.54) is 25.7 Å². The molecule has 0 rings (SSSR count). The standard InChI is InChI=1S/C16H28O2Si/c1-17-16-18-14-12-10-8-6-5-7-9-11-13-15-19(2,3)4/h5-8,10,12,14,16H2,1-4H3. The molecule has 0 atom stereocenters. The topological polar surface area (TPSA) is 18.5 Å². The summed E-state index contributed by atoms with van der Waals surface area (Å²) in [5.74, 6) is 9.07. The van der Waals surface area contributed by atoms with Gasteiger partial charge in [-0.15, -0.1) is 5.54 Å². The van der Waals surface area contributed by atoms with E-state index in [0.29, 0.717) is 6.79 Å². The van der Waals surface area contributed by atoms with Gasteiger partial charge >= 0.3 is 0 Å². The summed E-state index contributed by atoms with van der Waals surface area (Å²) in [6, 6.07) is 0. The van der Waals surface area contributed by atoms with Gasteiger partial charge in [0.1, 0.15) is 14.9 Å². The lowest BCUT2D eigenvalue weighted by atomic mass is 10.1. The summed E-state index contributed by atoms with van der Waals surface area (Å²) in [5, 5.41) is 0. The van der Waals surface area contributed by atoms with E-state index in [1.54, 1.807) is 7.11 Å². The van der Waals surface area contributed by atoms with Gasteiger partial charge in [-0.1, -0.05) is 44.8 Å². The monoisotopic (exact) mass is 280 g/mol. The van der Waals surface area contributed by atoms with Crippen molar-refractivity contribution < 1.29 is 9.47 Å². The predicted molar refractivity (Wildman–Crippen MR) is 84.4 cm³/mol. The number of methoxy groups -OCH3 is 1. The normalized spacial score (nSPS) is 10.3. The summed E-state index contributed by atoms with van der Waals surface area (Å²) < 4.78 is 10.0. The third-order valence-corrected chi connectivity index (χ3v) is 3.26. The number of rotatable bonds is 9. The number of ether oxygens (including phenoxy) is 2. The van der Waals surface area contributed by atoms with Crippen molar-refractivity contribution in [1.82, 2.24) is 0 Å². The molecule has 108 valence electrons. The van der Waals surface area contributed by atoms with Crippen LogP contribution in [0.2, 0.25) is 19.6 Å². The van der Waals surface area contributed by atoms with Gasteiger partial charge in [-0.3, -0.25) is 0 Å². The molecule has 0 unspecified atom stereocenters. The van der Waals surface area contributed by atoms with Crippen molar-refractivity contribution in [2.75, 3.05) is 20.5 Å². The molecule has 0 N–H and O–H groups in total. The second kappa shape index (κ2) is 12.3. The van der Waals surface area contributed by atoms with Crippen LogP contribution in [0.4, 0.5) is 0 Å². The fraction of sp³-hybridized carbons (Fsp3) is 0.750. The lowest BCUT2D eigenvalue weighted by Gasteiger charge is -2.02. The SMILES string of the molecule is COCOCCCCCCCC#CC#C[Si](C)(C)C. The van der Waals surface area contributed by atoms with Gasteiger partial charge in [-0.25, -0.2) is 0 Å². The maximum absolute atomic E-state index is 5.23. The fourth-order valence-electron chi connectivity index (χ4n) is 1.42. The van der Waals surface area contributed by atoms with Crippen LogP contribution in [0, 0.1) is 23.3 Å². The molecule has 0 aliphatic heterocycles. The van der Waals surface area contributed by atoms with Crippen molar-refractivity contribution in [3.8, 4) is 23.3 Å². The Morgan fingerprint density at radius 3 is 2.26 bits per heavy atom. The Morgan fingerprint density at radius 2 is 1.58 bits per heavy atom. The van der Waals surface area contributed by atoms with Crippen LogP contribution in [-0.2, 0) is 9.47 Å². The molecule has 0 bridgehead atoms. The highest BCUT2D eigenvalue weighted by atomic mass is 28.3. The van der Waals surface area contributed by atoms with Gasteiger partial charge in [0.25, 0.3) is 0 Å². The smallest absolute Gasteiger partial charge is 0.146 e. The molecule has 0 aliphatic rings. The molecule has 0 aliphatic carbocycles. The van der Waals surface area contributed by atoms with Crippen molar-refractivity contribution in [2.45, 2.75) is 58.2 Å². The molecule has 2 nitrogen and oxygen atoms in total. The Bertz CT molecular complexity index is 323. The van der Waals surface area contributed by atoms with E-state index in [9.17, 15) is 0 Å². The van der Waals surface area contributed by atoms with E-state index < -0.39 is 8.07 Å². The molecule has 0 heterocycles. The average Bonchev–Trinajstić information content (AvgIpc) is 2.34. The van der Waals surface area contributed by atoms with E-state index in [-0.39, 0.29) is 0 Å². The summed E-state index contributed by atoms with van der Waals surface area (Å²) >= 11 is 0. The molecule has 0 aromatic rings. The second-order valence-electron chi connectivity index (χ2n) is 5.63. The zero-order chi connectivity index (χ0) is 14.4. The van der Waals surface area contributed by atoms with Crippen molar-refractivity contribution in [3.05, 3.63) is 0 Å². The first-order valence-corrected chi connectivity index (χ1v) is 10.6. The summed E-state index contributed by atoms with van der Waals surface area (Å²) in [6.45, 7) is 7.92. The van der Waals surface area contributed by atoms with E-state index >= 15 is 0 Å². The molecule has 0 spiro atoms. The molecule has 0 saturated heterocycles. The lowest BCUT2D eigenvalue weighted by molar-refractivity contribution is -0.0315. The largest absolute Gasteiger partial charge is 0.359 e. The molecule has 0 aromatic heterocycles. The average molecular weight is 280 g/mol. The Balaban J connectivity index is 3.31. The molecular formula is C16H28O2Si. The van der Waals surface area contributed by atoms with Crippen LogP contribution >= 0.6 is 0 Å². The molecule has 0 amide bonds. The Hall–Kier alpha value is -0.743. The first-order valence-electron chi connectivity index (χ1n) is 7.13. The van der Waals surface area contributed by atoms with Crippen molar-refractivity contribution in [1.29, 1.82) is 0 Å². The quantitative estimate of drug-likeness (QED) is 0.276. The van der Waals surface area contributed by atoms with Crippen molar-refractivity contribution in [3.63, 3.8) is 0 Å². The van der Waals surface area contributed by atoms with Crippen LogP contribution in [0.25, 0.3) is 0 Å². The van der Waals surface area contributed by atoms with Crippen LogP contribution in [0.5, 0.6) is 0 Å². The van der Waals surface area contributed by atoms with E-state index in [1.807, 2.05) is 0 Å². The lowest BCUT2D eigenvalue weighted by Crippen LogP contribution is -2.16. The number of hydrogen-bond acceptors (Lipinski definition) is 2. The molecule has 19 heavy (non-hydrogen) atoms. The third kappa shape index (κ3) is 17.3. The van der Waals surface area contributed by atoms with Gasteiger partial charge in [-0.2, -0.15) is 0 Å². The van der Waals surface area contributed by atoms with Crippen LogP contribution in [0.3, 0.4) is 0 Å². The molecule has 3 heteroatoms. The summed E-state index contributed by atoms with van der Waals surface area (Å²) in [4.78, 5) is 0. The first-order chi connectivity index (χ1) is 9.06. The Kier molecular flexibility index (Phi) is 11.8. The predicted octanol–water partition coefficient (Wildman–Crippen LogP) is 3.83. The number of hydrogen-bond donors (Lipinski definition) is 0. The maximum atomic E-state index is 5.23. The molecule has 0 radical (unpaired) electrons. The fourth-order valence-corrected chi connectivity index (χ4v) is 1.85. The maximum Gasteiger partial charge on any atom is 0.146 e. The summed E-state index contributed by atoms with van der Waals surface area (Å²) in [5.41, 5.74) is 3.25.